The van der Waals surface area contributed by atoms with Gasteiger partial charge in [-0.05, 0) is 12.8 Å². The zero-order valence-corrected chi connectivity index (χ0v) is 12.8. The number of thiocarbonyl (C=S) groups is 1. The Bertz CT molecular complexity index is 123. The van der Waals surface area contributed by atoms with Crippen molar-refractivity contribution in [2.75, 3.05) is 13.1 Å². The number of nitrogens with zero attached hydrogens (tertiary/aromatic N) is 1. The molecule has 0 aromatic heterocycles. The van der Waals surface area contributed by atoms with Crippen LogP contribution in [-0.4, -0.2) is 46.7 Å². The van der Waals surface area contributed by atoms with Crippen LogP contribution in [0.2, 0.25) is 0 Å². The molecule has 0 atom stereocenters. The molecule has 4 heteroatoms. The van der Waals surface area contributed by atoms with Crippen LogP contribution in [-0.2, 0) is 0 Å². The Kier molecular flexibility index (Phi) is 14.1. The topological polar surface area (TPSA) is 3.24 Å². The second-order valence-corrected chi connectivity index (χ2v) is 4.09. The molecule has 0 aromatic carbocycles. The van der Waals surface area contributed by atoms with Crippen molar-refractivity contribution in [2.45, 2.75) is 39.5 Å². The maximum atomic E-state index is 5.03. The number of unbranched alkanes of at least 4 members (excludes halogenated alkanes) is 2. The summed E-state index contributed by atoms with van der Waals surface area (Å²) >= 11 is 9.23. The molecule has 0 saturated carbocycles. The van der Waals surface area contributed by atoms with Crippen molar-refractivity contribution in [3.8, 4) is 0 Å². The van der Waals surface area contributed by atoms with Crippen LogP contribution in [0.4, 0.5) is 0 Å². The molecule has 0 unspecified atom stereocenters. The van der Waals surface area contributed by atoms with Gasteiger partial charge in [-0.1, -0.05) is 38.9 Å². The van der Waals surface area contributed by atoms with E-state index >= 15 is 0 Å². The average Bonchev–Trinajstić information content (AvgIpc) is 2.04. The maximum Gasteiger partial charge on any atom is 0.133 e. The Balaban J connectivity index is 0. The fourth-order valence-corrected chi connectivity index (χ4v) is 1.38. The maximum absolute atomic E-state index is 5.03. The van der Waals surface area contributed by atoms with E-state index in [-0.39, 0.29) is 24.4 Å². The Hall–Kier alpha value is 1.06. The number of hydrogen-bond donors (Lipinski definition) is 1. The van der Waals surface area contributed by atoms with Gasteiger partial charge in [0.2, 0.25) is 0 Å². The van der Waals surface area contributed by atoms with Crippen LogP contribution >= 0.6 is 24.8 Å². The summed E-state index contributed by atoms with van der Waals surface area (Å²) in [4.78, 5) is 2.19. The summed E-state index contributed by atoms with van der Waals surface area (Å²) < 4.78 is 0.747. The first-order valence-electron chi connectivity index (χ1n) is 4.70. The van der Waals surface area contributed by atoms with Crippen molar-refractivity contribution in [3.63, 3.8) is 0 Å². The summed E-state index contributed by atoms with van der Waals surface area (Å²) in [6.45, 7) is 6.52. The van der Waals surface area contributed by atoms with Crippen LogP contribution in [0.15, 0.2) is 0 Å². The van der Waals surface area contributed by atoms with Gasteiger partial charge in [0, 0.05) is 37.5 Å². The zero-order chi connectivity index (χ0) is 9.40. The number of rotatable bonds is 6. The third-order valence-corrected chi connectivity index (χ3v) is 2.37. The van der Waals surface area contributed by atoms with Gasteiger partial charge < -0.3 is 4.90 Å². The van der Waals surface area contributed by atoms with E-state index in [1.165, 1.54) is 25.7 Å². The molecule has 3 radical (unpaired) electrons. The zero-order valence-electron chi connectivity index (χ0n) is 8.49. The van der Waals surface area contributed by atoms with Gasteiger partial charge in [0.15, 0.2) is 0 Å². The fourth-order valence-electron chi connectivity index (χ4n) is 1.00. The van der Waals surface area contributed by atoms with E-state index in [2.05, 4.69) is 31.4 Å². The molecule has 77 valence electrons. The van der Waals surface area contributed by atoms with E-state index in [1.807, 2.05) is 0 Å². The Morgan fingerprint density at radius 3 is 1.77 bits per heavy atom. The van der Waals surface area contributed by atoms with E-state index in [1.54, 1.807) is 0 Å². The van der Waals surface area contributed by atoms with Gasteiger partial charge in [0.25, 0.3) is 0 Å². The van der Waals surface area contributed by atoms with Crippen molar-refractivity contribution < 1.29 is 0 Å². The standard InChI is InChI=1S/C9H19NS2.Sb/c1-3-5-7-10(9(11)12)8-6-4-2;/h3-8H2,1-2H3,(H,11,12);. The average molecular weight is 327 g/mol. The molecule has 0 amide bonds. The third-order valence-electron chi connectivity index (χ3n) is 1.83. The van der Waals surface area contributed by atoms with Crippen LogP contribution in [0, 0.1) is 0 Å². The van der Waals surface area contributed by atoms with Crippen LogP contribution in [0.3, 0.4) is 0 Å². The molecule has 0 bridgehead atoms. The summed E-state index contributed by atoms with van der Waals surface area (Å²) in [5.74, 6) is 0. The molecule has 0 saturated heterocycles. The van der Waals surface area contributed by atoms with Gasteiger partial charge in [-0.15, -0.1) is 12.6 Å². The molecule has 0 aliphatic rings. The molecule has 0 rings (SSSR count). The fraction of sp³-hybridized carbons (Fsp3) is 0.889. The molecule has 0 fully saturated rings. The van der Waals surface area contributed by atoms with Gasteiger partial charge >= 0.3 is 0 Å². The minimum absolute atomic E-state index is 0. The molecule has 0 aliphatic heterocycles. The van der Waals surface area contributed by atoms with Crippen LogP contribution in [0.25, 0.3) is 0 Å². The van der Waals surface area contributed by atoms with Gasteiger partial charge in [0.05, 0.1) is 0 Å². The first-order chi connectivity index (χ1) is 5.72. The second-order valence-electron chi connectivity index (χ2n) is 2.98. The van der Waals surface area contributed by atoms with Crippen molar-refractivity contribution >= 4 is 53.6 Å². The molecule has 0 N–H and O–H groups in total. The summed E-state index contributed by atoms with van der Waals surface area (Å²) in [5.41, 5.74) is 0. The van der Waals surface area contributed by atoms with Crippen LogP contribution in [0.5, 0.6) is 0 Å². The summed E-state index contributed by atoms with van der Waals surface area (Å²) in [7, 11) is 0. The molecule has 0 heterocycles. The monoisotopic (exact) mass is 326 g/mol. The van der Waals surface area contributed by atoms with Crippen molar-refractivity contribution in [2.24, 2.45) is 0 Å². The summed E-state index contributed by atoms with van der Waals surface area (Å²) in [5, 5.41) is 0. The van der Waals surface area contributed by atoms with Crippen LogP contribution in [0.1, 0.15) is 39.5 Å². The first kappa shape index (κ1) is 16.5. The van der Waals surface area contributed by atoms with Gasteiger partial charge in [-0.25, -0.2) is 0 Å². The molecular weight excluding hydrogens is 308 g/mol. The van der Waals surface area contributed by atoms with Crippen molar-refractivity contribution in [1.82, 2.24) is 4.90 Å². The normalized spacial score (nSPS) is 9.15. The molecule has 1 nitrogen and oxygen atoms in total. The van der Waals surface area contributed by atoms with E-state index in [0.717, 1.165) is 17.4 Å². The van der Waals surface area contributed by atoms with Gasteiger partial charge in [-0.2, -0.15) is 0 Å². The predicted octanol–water partition coefficient (Wildman–Crippen LogP) is 2.72. The molecule has 0 spiro atoms. The Labute approximate surface area is 111 Å². The third kappa shape index (κ3) is 9.36. The second kappa shape index (κ2) is 11.1. The first-order valence-corrected chi connectivity index (χ1v) is 5.55. The Morgan fingerprint density at radius 2 is 1.54 bits per heavy atom. The van der Waals surface area contributed by atoms with E-state index in [0.29, 0.717) is 0 Å². The number of thiol groups is 1. The quantitative estimate of drug-likeness (QED) is 0.454. The van der Waals surface area contributed by atoms with E-state index < -0.39 is 0 Å². The Morgan fingerprint density at radius 1 is 1.15 bits per heavy atom. The molecule has 0 aliphatic carbocycles. The van der Waals surface area contributed by atoms with E-state index in [4.69, 9.17) is 12.2 Å². The summed E-state index contributed by atoms with van der Waals surface area (Å²) in [6, 6.07) is 0. The molecule has 0 aromatic rings. The van der Waals surface area contributed by atoms with Crippen LogP contribution < -0.4 is 0 Å². The van der Waals surface area contributed by atoms with Crippen molar-refractivity contribution in [3.05, 3.63) is 0 Å². The van der Waals surface area contributed by atoms with E-state index in [9.17, 15) is 0 Å². The van der Waals surface area contributed by atoms with Gasteiger partial charge in [0.1, 0.15) is 4.32 Å². The number of hydrogen-bond acceptors (Lipinski definition) is 1. The largest absolute Gasteiger partial charge is 0.358 e. The minimum Gasteiger partial charge on any atom is -0.358 e. The smallest absolute Gasteiger partial charge is 0.133 e. The molecular formula is C9H19NS2Sb. The predicted molar refractivity (Wildman–Crippen MR) is 68.7 cm³/mol. The van der Waals surface area contributed by atoms with Gasteiger partial charge in [-0.3, -0.25) is 0 Å². The summed E-state index contributed by atoms with van der Waals surface area (Å²) in [6.07, 6.45) is 4.87. The molecule has 13 heavy (non-hydrogen) atoms. The SMILES string of the molecule is CCCCN(CCCC)C(=S)S.[Sb]. The minimum atomic E-state index is 0. The van der Waals surface area contributed by atoms with Crippen molar-refractivity contribution in [1.29, 1.82) is 0 Å².